The molecule has 5 heteroatoms. The first kappa shape index (κ1) is 15.0. The Bertz CT molecular complexity index is 553. The molecule has 1 atom stereocenters. The van der Waals surface area contributed by atoms with Gasteiger partial charge in [0.15, 0.2) is 0 Å². The van der Waals surface area contributed by atoms with E-state index in [0.717, 1.165) is 17.6 Å². The fourth-order valence-corrected chi connectivity index (χ4v) is 3.04. The lowest BCUT2D eigenvalue weighted by Crippen LogP contribution is -2.22. The molecule has 0 spiro atoms. The Kier molecular flexibility index (Phi) is 5.41. The molecule has 3 nitrogen and oxygen atoms in total. The van der Waals surface area contributed by atoms with Crippen molar-refractivity contribution in [3.63, 3.8) is 0 Å². The van der Waals surface area contributed by atoms with Crippen molar-refractivity contribution in [3.05, 3.63) is 49.8 Å². The van der Waals surface area contributed by atoms with Gasteiger partial charge in [-0.25, -0.2) is 0 Å². The van der Waals surface area contributed by atoms with Crippen LogP contribution >= 0.6 is 38.5 Å². The summed E-state index contributed by atoms with van der Waals surface area (Å²) in [6.07, 6.45) is 4.06. The highest BCUT2D eigenvalue weighted by molar-refractivity contribution is 14.1. The van der Waals surface area contributed by atoms with E-state index >= 15 is 0 Å². The quantitative estimate of drug-likeness (QED) is 0.723. The molecule has 0 saturated heterocycles. The van der Waals surface area contributed by atoms with Gasteiger partial charge in [0.25, 0.3) is 0 Å². The predicted molar refractivity (Wildman–Crippen MR) is 90.3 cm³/mol. The smallest absolute Gasteiger partial charge is 0.0619 e. The minimum Gasteiger partial charge on any atom is -0.306 e. The van der Waals surface area contributed by atoms with Gasteiger partial charge in [0.05, 0.1) is 12.2 Å². The molecule has 0 bridgehead atoms. The molecule has 2 rings (SSSR count). The molecule has 1 unspecified atom stereocenters. The number of nitrogens with one attached hydrogen (secondary N) is 1. The van der Waals surface area contributed by atoms with Crippen molar-refractivity contribution in [2.75, 3.05) is 6.54 Å². The van der Waals surface area contributed by atoms with Crippen molar-refractivity contribution >= 4 is 38.5 Å². The van der Waals surface area contributed by atoms with Gasteiger partial charge in [0.2, 0.25) is 0 Å². The van der Waals surface area contributed by atoms with E-state index in [1.807, 2.05) is 10.9 Å². The van der Waals surface area contributed by atoms with Crippen molar-refractivity contribution < 1.29 is 0 Å². The summed E-state index contributed by atoms with van der Waals surface area (Å²) < 4.78 is 4.33. The van der Waals surface area contributed by atoms with Crippen LogP contribution in [0.15, 0.2) is 35.1 Å². The molecule has 1 N–H and O–H groups in total. The summed E-state index contributed by atoms with van der Waals surface area (Å²) in [5, 5.41) is 7.91. The normalized spacial score (nSPS) is 12.6. The Balaban J connectivity index is 2.41. The van der Waals surface area contributed by atoms with Gasteiger partial charge in [-0.05, 0) is 59.8 Å². The fourth-order valence-electron chi connectivity index (χ4n) is 2.05. The number of hydrogen-bond donors (Lipinski definition) is 1. The zero-order chi connectivity index (χ0) is 13.8. The van der Waals surface area contributed by atoms with Gasteiger partial charge in [-0.2, -0.15) is 5.10 Å². The lowest BCUT2D eigenvalue weighted by atomic mass is 10.0. The highest BCUT2D eigenvalue weighted by atomic mass is 127. The summed E-state index contributed by atoms with van der Waals surface area (Å²) in [5.41, 5.74) is 2.45. The maximum Gasteiger partial charge on any atom is 0.0619 e. The molecule has 102 valence electrons. The van der Waals surface area contributed by atoms with Gasteiger partial charge in [-0.15, -0.1) is 0 Å². The van der Waals surface area contributed by atoms with Crippen molar-refractivity contribution in [3.8, 4) is 0 Å². The van der Waals surface area contributed by atoms with Crippen LogP contribution in [0.3, 0.4) is 0 Å². The number of rotatable bonds is 5. The van der Waals surface area contributed by atoms with E-state index in [0.29, 0.717) is 0 Å². The third-order valence-corrected chi connectivity index (χ3v) is 4.38. The zero-order valence-corrected chi connectivity index (χ0v) is 14.8. The second kappa shape index (κ2) is 6.85. The number of benzene rings is 1. The second-order valence-electron chi connectivity index (χ2n) is 4.29. The van der Waals surface area contributed by atoms with Crippen molar-refractivity contribution in [2.45, 2.75) is 26.4 Å². The number of aryl methyl sites for hydroxylation is 1. The maximum atomic E-state index is 4.37. The van der Waals surface area contributed by atoms with Crippen molar-refractivity contribution in [1.29, 1.82) is 0 Å². The van der Waals surface area contributed by atoms with Crippen LogP contribution in [0.1, 0.15) is 31.0 Å². The van der Waals surface area contributed by atoms with E-state index in [1.165, 1.54) is 14.7 Å². The highest BCUT2D eigenvalue weighted by Crippen LogP contribution is 2.29. The van der Waals surface area contributed by atoms with Gasteiger partial charge < -0.3 is 5.32 Å². The summed E-state index contributed by atoms with van der Waals surface area (Å²) in [7, 11) is 0. The van der Waals surface area contributed by atoms with Gasteiger partial charge in [0, 0.05) is 26.3 Å². The van der Waals surface area contributed by atoms with E-state index < -0.39 is 0 Å². The first-order chi connectivity index (χ1) is 9.15. The van der Waals surface area contributed by atoms with Crippen LogP contribution in [0.5, 0.6) is 0 Å². The third kappa shape index (κ3) is 3.58. The maximum absolute atomic E-state index is 4.37. The molecule has 1 heterocycles. The number of hydrogen-bond acceptors (Lipinski definition) is 2. The van der Waals surface area contributed by atoms with Crippen LogP contribution < -0.4 is 5.32 Å². The van der Waals surface area contributed by atoms with Gasteiger partial charge in [0.1, 0.15) is 0 Å². The average Bonchev–Trinajstić information content (AvgIpc) is 2.88. The first-order valence-electron chi connectivity index (χ1n) is 6.36. The molecule has 0 amide bonds. The van der Waals surface area contributed by atoms with E-state index in [2.05, 4.69) is 87.2 Å². The molecule has 0 aliphatic heterocycles. The summed E-state index contributed by atoms with van der Waals surface area (Å²) >= 11 is 6.00. The summed E-state index contributed by atoms with van der Waals surface area (Å²) in [4.78, 5) is 0. The number of nitrogens with zero attached hydrogens (tertiary/aromatic N) is 2. The standard InChI is InChI=1S/C14H17BrIN3/c1-3-17-14(10-8-18-19(4-2)9-10)12-7-11(16)5-6-13(12)15/h5-9,14,17H,3-4H2,1-2H3. The van der Waals surface area contributed by atoms with Crippen LogP contribution in [0.25, 0.3) is 0 Å². The Hall–Kier alpha value is -0.400. The van der Waals surface area contributed by atoms with E-state index in [-0.39, 0.29) is 6.04 Å². The SMILES string of the molecule is CCNC(c1cnn(CC)c1)c1cc(I)ccc1Br. The zero-order valence-electron chi connectivity index (χ0n) is 11.0. The first-order valence-corrected chi connectivity index (χ1v) is 8.23. The highest BCUT2D eigenvalue weighted by Gasteiger charge is 2.17. The van der Waals surface area contributed by atoms with Crippen molar-refractivity contribution in [2.24, 2.45) is 0 Å². The Labute approximate surface area is 136 Å². The number of aromatic nitrogens is 2. The topological polar surface area (TPSA) is 29.9 Å². The lowest BCUT2D eigenvalue weighted by molar-refractivity contribution is 0.623. The molecule has 0 radical (unpaired) electrons. The summed E-state index contributed by atoms with van der Waals surface area (Å²) in [6.45, 7) is 6.03. The molecular weight excluding hydrogens is 417 g/mol. The summed E-state index contributed by atoms with van der Waals surface area (Å²) in [5.74, 6) is 0. The van der Waals surface area contributed by atoms with Crippen LogP contribution in [-0.4, -0.2) is 16.3 Å². The van der Waals surface area contributed by atoms with Gasteiger partial charge >= 0.3 is 0 Å². The van der Waals surface area contributed by atoms with Crippen LogP contribution in [0.4, 0.5) is 0 Å². The predicted octanol–water partition coefficient (Wildman–Crippen LogP) is 3.97. The Morgan fingerprint density at radius 2 is 2.21 bits per heavy atom. The Morgan fingerprint density at radius 3 is 2.84 bits per heavy atom. The van der Waals surface area contributed by atoms with Crippen LogP contribution in [0.2, 0.25) is 0 Å². The Morgan fingerprint density at radius 1 is 1.42 bits per heavy atom. The number of halogens is 2. The van der Waals surface area contributed by atoms with Crippen LogP contribution in [0, 0.1) is 3.57 Å². The minimum absolute atomic E-state index is 0.175. The summed E-state index contributed by atoms with van der Waals surface area (Å²) in [6, 6.07) is 6.59. The van der Waals surface area contributed by atoms with Crippen LogP contribution in [-0.2, 0) is 6.54 Å². The van der Waals surface area contributed by atoms with E-state index in [9.17, 15) is 0 Å². The molecule has 1 aromatic heterocycles. The average molecular weight is 434 g/mol. The monoisotopic (exact) mass is 433 g/mol. The van der Waals surface area contributed by atoms with E-state index in [1.54, 1.807) is 0 Å². The van der Waals surface area contributed by atoms with Gasteiger partial charge in [-0.3, -0.25) is 4.68 Å². The fraction of sp³-hybridized carbons (Fsp3) is 0.357. The molecule has 19 heavy (non-hydrogen) atoms. The molecule has 2 aromatic rings. The van der Waals surface area contributed by atoms with Gasteiger partial charge in [-0.1, -0.05) is 22.9 Å². The third-order valence-electron chi connectivity index (χ3n) is 2.99. The second-order valence-corrected chi connectivity index (χ2v) is 6.39. The molecule has 0 aliphatic rings. The lowest BCUT2D eigenvalue weighted by Gasteiger charge is -2.18. The van der Waals surface area contributed by atoms with Crippen molar-refractivity contribution in [1.82, 2.24) is 15.1 Å². The largest absolute Gasteiger partial charge is 0.306 e. The molecule has 0 fully saturated rings. The molecule has 1 aromatic carbocycles. The van der Waals surface area contributed by atoms with E-state index in [4.69, 9.17) is 0 Å². The molecule has 0 saturated carbocycles. The minimum atomic E-state index is 0.175. The molecule has 0 aliphatic carbocycles. The molecular formula is C14H17BrIN3.